The quantitative estimate of drug-likeness (QED) is 0.242. The summed E-state index contributed by atoms with van der Waals surface area (Å²) in [4.78, 5) is 23.1. The van der Waals surface area contributed by atoms with E-state index in [2.05, 4.69) is 0 Å². The molecule has 0 spiro atoms. The zero-order chi connectivity index (χ0) is 11.8. The van der Waals surface area contributed by atoms with Crippen LogP contribution in [0.25, 0.3) is 0 Å². The molecule has 0 heterocycles. The molecular formula is C10H21N3O2. The van der Waals surface area contributed by atoms with E-state index in [9.17, 15) is 9.59 Å². The molecule has 0 saturated heterocycles. The van der Waals surface area contributed by atoms with E-state index in [4.69, 9.17) is 11.6 Å². The van der Waals surface area contributed by atoms with Crippen molar-refractivity contribution in [3.63, 3.8) is 0 Å². The van der Waals surface area contributed by atoms with Crippen LogP contribution in [0.1, 0.15) is 39.5 Å². The minimum atomic E-state index is -0.693. The lowest BCUT2D eigenvalue weighted by molar-refractivity contribution is -0.135. The molecule has 0 aliphatic rings. The number of nitrogens with one attached hydrogen (secondary N) is 1. The third kappa shape index (κ3) is 4.40. The van der Waals surface area contributed by atoms with Gasteiger partial charge >= 0.3 is 0 Å². The van der Waals surface area contributed by atoms with Crippen LogP contribution in [0.15, 0.2) is 0 Å². The third-order valence-corrected chi connectivity index (χ3v) is 2.34. The Hall–Kier alpha value is -0.940. The maximum absolute atomic E-state index is 11.8. The Morgan fingerprint density at radius 3 is 2.13 bits per heavy atom. The van der Waals surface area contributed by atoms with Crippen LogP contribution < -0.4 is 17.0 Å². The summed E-state index contributed by atoms with van der Waals surface area (Å²) < 4.78 is 0. The van der Waals surface area contributed by atoms with Crippen LogP contribution in [0.4, 0.5) is 0 Å². The molecule has 1 unspecified atom stereocenters. The van der Waals surface area contributed by atoms with E-state index in [1.807, 2.05) is 19.3 Å². The topological polar surface area (TPSA) is 98.2 Å². The van der Waals surface area contributed by atoms with Gasteiger partial charge < -0.3 is 5.73 Å². The molecule has 0 aliphatic carbocycles. The first-order valence-corrected chi connectivity index (χ1v) is 5.38. The first-order valence-electron chi connectivity index (χ1n) is 5.38. The van der Waals surface area contributed by atoms with E-state index in [0.717, 1.165) is 12.8 Å². The highest BCUT2D eigenvalue weighted by Gasteiger charge is 2.28. The second kappa shape index (κ2) is 7.36. The number of ketones is 1. The highest BCUT2D eigenvalue weighted by atomic mass is 16.2. The third-order valence-electron chi connectivity index (χ3n) is 2.34. The lowest BCUT2D eigenvalue weighted by atomic mass is 9.91. The Balaban J connectivity index is 4.47. The Morgan fingerprint density at radius 1 is 1.20 bits per heavy atom. The molecule has 0 rings (SSSR count). The summed E-state index contributed by atoms with van der Waals surface area (Å²) in [7, 11) is 0. The van der Waals surface area contributed by atoms with Crippen LogP contribution in [0, 0.1) is 5.92 Å². The van der Waals surface area contributed by atoms with Crippen LogP contribution in [0.5, 0.6) is 0 Å². The van der Waals surface area contributed by atoms with Crippen molar-refractivity contribution in [2.75, 3.05) is 0 Å². The molecule has 2 atom stereocenters. The standard InChI is InChI=1S/C10H21N3O2/c1-3-5-7(10(15)13-12)9(14)8(11)6-4-2/h7-8H,3-6,11-12H2,1-2H3,(H,13,15)/t7?,8-/m1/s1. The van der Waals surface area contributed by atoms with Gasteiger partial charge in [-0.25, -0.2) is 5.84 Å². The Bertz CT molecular complexity index is 219. The summed E-state index contributed by atoms with van der Waals surface area (Å²) in [5.74, 6) is 3.69. The second-order valence-corrected chi connectivity index (χ2v) is 3.65. The molecular weight excluding hydrogens is 194 g/mol. The monoisotopic (exact) mass is 215 g/mol. The lowest BCUT2D eigenvalue weighted by Crippen LogP contribution is -2.45. The summed E-state index contributed by atoms with van der Waals surface area (Å²) in [5.41, 5.74) is 7.69. The molecule has 88 valence electrons. The van der Waals surface area contributed by atoms with Crippen LogP contribution in [-0.4, -0.2) is 17.7 Å². The summed E-state index contributed by atoms with van der Waals surface area (Å²) in [6.45, 7) is 3.86. The van der Waals surface area contributed by atoms with E-state index in [0.29, 0.717) is 12.8 Å². The normalized spacial score (nSPS) is 14.4. The van der Waals surface area contributed by atoms with Crippen molar-refractivity contribution in [1.82, 2.24) is 5.43 Å². The number of carbonyl (C=O) groups excluding carboxylic acids is 2. The molecule has 5 N–H and O–H groups in total. The van der Waals surface area contributed by atoms with Crippen LogP contribution in [0.2, 0.25) is 0 Å². The maximum atomic E-state index is 11.8. The van der Waals surface area contributed by atoms with Crippen molar-refractivity contribution in [2.45, 2.75) is 45.6 Å². The van der Waals surface area contributed by atoms with Gasteiger partial charge in [0.05, 0.1) is 12.0 Å². The Morgan fingerprint density at radius 2 is 1.73 bits per heavy atom. The van der Waals surface area contributed by atoms with Crippen molar-refractivity contribution in [3.8, 4) is 0 Å². The highest BCUT2D eigenvalue weighted by Crippen LogP contribution is 2.11. The number of nitrogens with two attached hydrogens (primary N) is 2. The number of Topliss-reactive ketones (excluding diaryl/α,β-unsaturated/α-hetero) is 1. The van der Waals surface area contributed by atoms with Gasteiger partial charge in [-0.05, 0) is 12.8 Å². The van der Waals surface area contributed by atoms with Gasteiger partial charge in [0.25, 0.3) is 0 Å². The van der Waals surface area contributed by atoms with Gasteiger partial charge in [-0.2, -0.15) is 0 Å². The lowest BCUT2D eigenvalue weighted by Gasteiger charge is -2.17. The molecule has 0 radical (unpaired) electrons. The van der Waals surface area contributed by atoms with Crippen LogP contribution >= 0.6 is 0 Å². The van der Waals surface area contributed by atoms with Crippen LogP contribution in [0.3, 0.4) is 0 Å². The molecule has 0 fully saturated rings. The van der Waals surface area contributed by atoms with Crippen molar-refractivity contribution in [1.29, 1.82) is 0 Å². The summed E-state index contributed by atoms with van der Waals surface area (Å²) in [5, 5.41) is 0. The van der Waals surface area contributed by atoms with E-state index in [1.54, 1.807) is 0 Å². The predicted octanol–water partition coefficient (Wildman–Crippen LogP) is 0.0891. The SMILES string of the molecule is CCCC(C(=O)NN)C(=O)[C@H](N)CCC. The fraction of sp³-hybridized carbons (Fsp3) is 0.800. The number of hydrazine groups is 1. The molecule has 1 amide bonds. The van der Waals surface area contributed by atoms with Gasteiger partial charge in [0, 0.05) is 0 Å². The molecule has 0 aromatic carbocycles. The number of amides is 1. The number of rotatable bonds is 7. The molecule has 0 aliphatic heterocycles. The van der Waals surface area contributed by atoms with Gasteiger partial charge in [-0.3, -0.25) is 15.0 Å². The number of carbonyl (C=O) groups is 2. The molecule has 15 heavy (non-hydrogen) atoms. The van der Waals surface area contributed by atoms with Crippen molar-refractivity contribution in [2.24, 2.45) is 17.5 Å². The average Bonchev–Trinajstić information content (AvgIpc) is 2.24. The Kier molecular flexibility index (Phi) is 6.90. The molecule has 0 aromatic heterocycles. The van der Waals surface area contributed by atoms with Gasteiger partial charge in [0.1, 0.15) is 0 Å². The molecule has 0 aromatic rings. The summed E-state index contributed by atoms with van der Waals surface area (Å²) in [6.07, 6.45) is 2.69. The maximum Gasteiger partial charge on any atom is 0.244 e. The average molecular weight is 215 g/mol. The van der Waals surface area contributed by atoms with E-state index in [-0.39, 0.29) is 5.78 Å². The molecule has 0 bridgehead atoms. The van der Waals surface area contributed by atoms with Gasteiger partial charge in [-0.15, -0.1) is 0 Å². The van der Waals surface area contributed by atoms with Crippen molar-refractivity contribution >= 4 is 11.7 Å². The first-order chi connectivity index (χ1) is 7.08. The summed E-state index contributed by atoms with van der Waals surface area (Å²) in [6, 6.07) is -0.552. The number of hydrogen-bond donors (Lipinski definition) is 3. The predicted molar refractivity (Wildman–Crippen MR) is 58.6 cm³/mol. The molecule has 0 saturated carbocycles. The molecule has 5 nitrogen and oxygen atoms in total. The van der Waals surface area contributed by atoms with Gasteiger partial charge in [-0.1, -0.05) is 26.7 Å². The largest absolute Gasteiger partial charge is 0.321 e. The fourth-order valence-electron chi connectivity index (χ4n) is 1.50. The van der Waals surface area contributed by atoms with Gasteiger partial charge in [0.15, 0.2) is 5.78 Å². The van der Waals surface area contributed by atoms with Crippen molar-refractivity contribution < 1.29 is 9.59 Å². The van der Waals surface area contributed by atoms with Gasteiger partial charge in [0.2, 0.25) is 5.91 Å². The fourth-order valence-corrected chi connectivity index (χ4v) is 1.50. The minimum absolute atomic E-state index is 0.207. The summed E-state index contributed by atoms with van der Waals surface area (Å²) >= 11 is 0. The van der Waals surface area contributed by atoms with E-state index < -0.39 is 17.9 Å². The molecule has 5 heteroatoms. The minimum Gasteiger partial charge on any atom is -0.321 e. The van der Waals surface area contributed by atoms with E-state index >= 15 is 0 Å². The second-order valence-electron chi connectivity index (χ2n) is 3.65. The number of hydrogen-bond acceptors (Lipinski definition) is 4. The van der Waals surface area contributed by atoms with Crippen molar-refractivity contribution in [3.05, 3.63) is 0 Å². The Labute approximate surface area is 90.5 Å². The highest BCUT2D eigenvalue weighted by molar-refractivity contribution is 6.03. The van der Waals surface area contributed by atoms with Crippen LogP contribution in [-0.2, 0) is 9.59 Å². The zero-order valence-corrected chi connectivity index (χ0v) is 9.45. The smallest absolute Gasteiger partial charge is 0.244 e. The van der Waals surface area contributed by atoms with E-state index in [1.165, 1.54) is 0 Å². The zero-order valence-electron chi connectivity index (χ0n) is 9.45. The first kappa shape index (κ1) is 14.1.